The van der Waals surface area contributed by atoms with Crippen LogP contribution in [0.5, 0.6) is 0 Å². The highest BCUT2D eigenvalue weighted by Crippen LogP contribution is 2.29. The van der Waals surface area contributed by atoms with Crippen molar-refractivity contribution in [3.63, 3.8) is 0 Å². The van der Waals surface area contributed by atoms with Crippen LogP contribution in [0.1, 0.15) is 12.8 Å². The molecule has 0 aromatic carbocycles. The highest BCUT2D eigenvalue weighted by molar-refractivity contribution is 8.78. The second-order valence-electron chi connectivity index (χ2n) is 4.56. The van der Waals surface area contributed by atoms with Crippen molar-refractivity contribution in [2.24, 2.45) is 10.2 Å². The van der Waals surface area contributed by atoms with E-state index >= 15 is 0 Å². The molecule has 10 nitrogen and oxygen atoms in total. The number of azide groups is 2. The van der Waals surface area contributed by atoms with E-state index in [0.29, 0.717) is 24.3 Å². The van der Waals surface area contributed by atoms with Crippen LogP contribution in [0.4, 0.5) is 0 Å². The van der Waals surface area contributed by atoms with Crippen LogP contribution in [0.3, 0.4) is 0 Å². The van der Waals surface area contributed by atoms with Gasteiger partial charge >= 0.3 is 0 Å². The first-order chi connectivity index (χ1) is 12.5. The minimum absolute atomic E-state index is 0.0949. The van der Waals surface area contributed by atoms with Gasteiger partial charge in [-0.1, -0.05) is 53.4 Å². The first-order valence-corrected chi connectivity index (χ1v) is 14.7. The van der Waals surface area contributed by atoms with Gasteiger partial charge in [-0.2, -0.15) is 0 Å². The smallest absolute Gasteiger partial charge is 0.152 e. The number of hydrogen-bond acceptors (Lipinski definition) is 8. The molecule has 0 rings (SSSR count). The first-order valence-electron chi connectivity index (χ1n) is 7.21. The standard InChI is InChI=1S/C10H20N6O4S6/c11-15-13-9(1-5-25(17)18)7-23-21-3-4-22-24-8-10(14-16-12)2-6-26(19)20/h9-10H,1-8H2,(H,17,18)(H,19,20)/t9-,10-/m0/s1. The maximum Gasteiger partial charge on any atom is 0.152 e. The van der Waals surface area contributed by atoms with Crippen LogP contribution in [-0.4, -0.2) is 64.1 Å². The van der Waals surface area contributed by atoms with E-state index < -0.39 is 22.2 Å². The summed E-state index contributed by atoms with van der Waals surface area (Å²) in [6.07, 6.45) is 0.759. The number of rotatable bonds is 17. The quantitative estimate of drug-likeness (QED) is 0.0772. The van der Waals surface area contributed by atoms with Crippen LogP contribution >= 0.6 is 43.2 Å². The molecule has 2 N–H and O–H groups in total. The molecule has 0 saturated heterocycles. The van der Waals surface area contributed by atoms with Gasteiger partial charge in [0.2, 0.25) is 0 Å². The summed E-state index contributed by atoms with van der Waals surface area (Å²) in [4.78, 5) is 5.51. The van der Waals surface area contributed by atoms with Crippen LogP contribution in [0.2, 0.25) is 0 Å². The zero-order valence-electron chi connectivity index (χ0n) is 13.7. The van der Waals surface area contributed by atoms with Gasteiger partial charge in [0.25, 0.3) is 0 Å². The van der Waals surface area contributed by atoms with Gasteiger partial charge in [-0.25, -0.2) is 8.42 Å². The van der Waals surface area contributed by atoms with Crippen molar-refractivity contribution < 1.29 is 17.5 Å². The van der Waals surface area contributed by atoms with E-state index in [1.807, 2.05) is 0 Å². The number of nitrogens with zero attached hydrogens (tertiary/aromatic N) is 6. The predicted molar refractivity (Wildman–Crippen MR) is 116 cm³/mol. The molecular weight excluding hydrogens is 461 g/mol. The molecule has 0 bridgehead atoms. The molecule has 0 saturated carbocycles. The zero-order valence-corrected chi connectivity index (χ0v) is 18.6. The number of hydrogen-bond donors (Lipinski definition) is 2. The lowest BCUT2D eigenvalue weighted by Gasteiger charge is -2.09. The van der Waals surface area contributed by atoms with Crippen molar-refractivity contribution in [2.75, 3.05) is 34.5 Å². The Morgan fingerprint density at radius 2 is 1.19 bits per heavy atom. The van der Waals surface area contributed by atoms with Crippen LogP contribution < -0.4 is 0 Å². The van der Waals surface area contributed by atoms with E-state index in [9.17, 15) is 8.42 Å². The summed E-state index contributed by atoms with van der Waals surface area (Å²) >= 11 is -3.76. The van der Waals surface area contributed by atoms with E-state index in [2.05, 4.69) is 20.1 Å². The van der Waals surface area contributed by atoms with Crippen LogP contribution in [0.25, 0.3) is 20.9 Å². The highest BCUT2D eigenvalue weighted by atomic mass is 33.1. The first kappa shape index (κ1) is 26.2. The Labute approximate surface area is 172 Å². The Kier molecular flexibility index (Phi) is 18.8. The van der Waals surface area contributed by atoms with Crippen LogP contribution in [0.15, 0.2) is 10.2 Å². The second-order valence-corrected chi connectivity index (χ2v) is 11.9. The van der Waals surface area contributed by atoms with E-state index in [1.165, 1.54) is 0 Å². The van der Waals surface area contributed by atoms with Crippen molar-refractivity contribution in [1.82, 2.24) is 0 Å². The van der Waals surface area contributed by atoms with E-state index in [-0.39, 0.29) is 23.6 Å². The fraction of sp³-hybridized carbons (Fsp3) is 1.00. The molecule has 0 spiro atoms. The molecule has 0 aliphatic rings. The molecule has 0 radical (unpaired) electrons. The SMILES string of the molecule is [N-]=[N+]=N[C@@H](CCS(=O)O)CSSCCSSC[C@H](CCS(=O)O)N=[N+]=[N-]. The molecule has 0 heterocycles. The Balaban J connectivity index is 3.77. The van der Waals surface area contributed by atoms with E-state index in [4.69, 9.17) is 20.2 Å². The monoisotopic (exact) mass is 480 g/mol. The summed E-state index contributed by atoms with van der Waals surface area (Å²) in [5.74, 6) is 3.09. The van der Waals surface area contributed by atoms with Gasteiger partial charge in [0.05, 0.1) is 0 Å². The van der Waals surface area contributed by atoms with Crippen LogP contribution in [0, 0.1) is 0 Å². The van der Waals surface area contributed by atoms with E-state index in [1.54, 1.807) is 43.2 Å². The van der Waals surface area contributed by atoms with Crippen molar-refractivity contribution in [1.29, 1.82) is 0 Å². The molecule has 0 aliphatic carbocycles. The molecule has 2 unspecified atom stereocenters. The molecule has 4 atom stereocenters. The molecule has 0 aromatic heterocycles. The normalized spacial score (nSPS) is 15.3. The minimum atomic E-state index is -1.88. The minimum Gasteiger partial charge on any atom is -0.306 e. The Morgan fingerprint density at radius 1 is 0.808 bits per heavy atom. The van der Waals surface area contributed by atoms with E-state index in [0.717, 1.165) is 11.5 Å². The van der Waals surface area contributed by atoms with Gasteiger partial charge in [-0.05, 0) is 23.9 Å². The van der Waals surface area contributed by atoms with Crippen molar-refractivity contribution in [3.8, 4) is 0 Å². The molecule has 26 heavy (non-hydrogen) atoms. The molecule has 0 aliphatic heterocycles. The maximum atomic E-state index is 10.7. The Bertz CT molecular complexity index is 484. The van der Waals surface area contributed by atoms with Gasteiger partial charge in [0, 0.05) is 56.4 Å². The zero-order chi connectivity index (χ0) is 19.6. The summed E-state index contributed by atoms with van der Waals surface area (Å²) in [6, 6.07) is -0.588. The Hall–Kier alpha value is 0.240. The molecule has 150 valence electrons. The lowest BCUT2D eigenvalue weighted by Crippen LogP contribution is -2.11. The van der Waals surface area contributed by atoms with Gasteiger partial charge < -0.3 is 9.11 Å². The van der Waals surface area contributed by atoms with Gasteiger partial charge in [-0.15, -0.1) is 0 Å². The van der Waals surface area contributed by atoms with Crippen molar-refractivity contribution in [3.05, 3.63) is 20.9 Å². The summed E-state index contributed by atoms with van der Waals surface area (Å²) < 4.78 is 38.8. The average molecular weight is 481 g/mol. The summed E-state index contributed by atoms with van der Waals surface area (Å²) in [5, 5.41) is 7.24. The largest absolute Gasteiger partial charge is 0.306 e. The highest BCUT2D eigenvalue weighted by Gasteiger charge is 2.10. The summed E-state index contributed by atoms with van der Waals surface area (Å²) in [6.45, 7) is 0. The fourth-order valence-corrected chi connectivity index (χ4v) is 7.56. The molecular formula is C10H20N6O4S6. The average Bonchev–Trinajstić information content (AvgIpc) is 2.59. The summed E-state index contributed by atoms with van der Waals surface area (Å²) in [5.41, 5.74) is 17.0. The molecule has 0 aromatic rings. The maximum absolute atomic E-state index is 10.7. The lowest BCUT2D eigenvalue weighted by molar-refractivity contribution is 0.556. The molecule has 0 amide bonds. The van der Waals surface area contributed by atoms with Crippen LogP contribution in [-0.2, 0) is 22.2 Å². The Morgan fingerprint density at radius 3 is 1.50 bits per heavy atom. The lowest BCUT2D eigenvalue weighted by atomic mass is 10.3. The van der Waals surface area contributed by atoms with Crippen molar-refractivity contribution in [2.45, 2.75) is 24.9 Å². The predicted octanol–water partition coefficient (Wildman–Crippen LogP) is 4.33. The van der Waals surface area contributed by atoms with Gasteiger partial charge in [0.1, 0.15) is 0 Å². The van der Waals surface area contributed by atoms with Gasteiger partial charge in [-0.3, -0.25) is 0 Å². The fourth-order valence-electron chi connectivity index (χ4n) is 1.41. The third kappa shape index (κ3) is 17.6. The van der Waals surface area contributed by atoms with Gasteiger partial charge in [0.15, 0.2) is 22.2 Å². The molecule has 16 heteroatoms. The third-order valence-corrected chi connectivity index (χ3v) is 8.98. The molecule has 0 fully saturated rings. The topological polar surface area (TPSA) is 172 Å². The third-order valence-electron chi connectivity index (χ3n) is 2.62. The summed E-state index contributed by atoms with van der Waals surface area (Å²) in [7, 11) is 6.38. The van der Waals surface area contributed by atoms with Crippen molar-refractivity contribution >= 4 is 65.3 Å². The second kappa shape index (κ2) is 18.6.